The van der Waals surface area contributed by atoms with E-state index in [2.05, 4.69) is 25.6 Å². The molecule has 0 aliphatic rings. The minimum Gasteiger partial charge on any atom is -0.389 e. The van der Waals surface area contributed by atoms with Crippen molar-refractivity contribution in [2.75, 3.05) is 0 Å². The summed E-state index contributed by atoms with van der Waals surface area (Å²) in [7, 11) is 0. The molecule has 2 heterocycles. The summed E-state index contributed by atoms with van der Waals surface area (Å²) in [6.07, 6.45) is 1.51. The molecule has 1 aromatic carbocycles. The first-order valence-electron chi connectivity index (χ1n) is 5.73. The lowest BCUT2D eigenvalue weighted by atomic mass is 10.2. The average molecular weight is 283 g/mol. The second-order valence-corrected chi connectivity index (χ2v) is 4.34. The van der Waals surface area contributed by atoms with Gasteiger partial charge in [0.05, 0.1) is 11.8 Å². The van der Waals surface area contributed by atoms with Gasteiger partial charge >= 0.3 is 0 Å². The molecule has 0 fully saturated rings. The molecule has 20 heavy (non-hydrogen) atoms. The topological polar surface area (TPSA) is 95.4 Å². The van der Waals surface area contributed by atoms with E-state index in [4.69, 9.17) is 18.0 Å². The number of benzene rings is 1. The van der Waals surface area contributed by atoms with Gasteiger partial charge in [0, 0.05) is 5.56 Å². The molecule has 98 valence electrons. The molecule has 0 radical (unpaired) electrons. The lowest BCUT2D eigenvalue weighted by molar-refractivity contribution is 0.686. The van der Waals surface area contributed by atoms with Crippen LogP contribution in [0.4, 0.5) is 0 Å². The number of thiocarbonyl (C=S) groups is 1. The van der Waals surface area contributed by atoms with Crippen molar-refractivity contribution in [3.63, 3.8) is 0 Å². The Kier molecular flexibility index (Phi) is 3.13. The lowest BCUT2D eigenvalue weighted by Gasteiger charge is -2.02. The van der Waals surface area contributed by atoms with Crippen LogP contribution in [0.1, 0.15) is 5.56 Å². The standard InChI is InChI=1S/C12H9N7S/c13-10(20)9-6-7-14-16-12(9)19-17-11(15-18-19)8-4-2-1-3-5-8/h1-7H,(H2,13,20). The summed E-state index contributed by atoms with van der Waals surface area (Å²) in [6, 6.07) is 11.2. The van der Waals surface area contributed by atoms with Gasteiger partial charge in [-0.05, 0) is 11.3 Å². The summed E-state index contributed by atoms with van der Waals surface area (Å²) in [5.74, 6) is 0.847. The van der Waals surface area contributed by atoms with Gasteiger partial charge in [0.25, 0.3) is 0 Å². The van der Waals surface area contributed by atoms with E-state index >= 15 is 0 Å². The van der Waals surface area contributed by atoms with Crippen molar-refractivity contribution in [3.8, 4) is 17.2 Å². The van der Waals surface area contributed by atoms with Crippen LogP contribution in [0.5, 0.6) is 0 Å². The fraction of sp³-hybridized carbons (Fsp3) is 0. The summed E-state index contributed by atoms with van der Waals surface area (Å²) >= 11 is 4.97. The van der Waals surface area contributed by atoms with Crippen molar-refractivity contribution in [1.82, 2.24) is 30.4 Å². The maximum Gasteiger partial charge on any atom is 0.208 e. The molecule has 0 spiro atoms. The molecule has 8 heteroatoms. The van der Waals surface area contributed by atoms with Crippen molar-refractivity contribution in [1.29, 1.82) is 0 Å². The first kappa shape index (κ1) is 12.3. The molecule has 0 aliphatic heterocycles. The molecule has 3 aromatic rings. The third-order valence-electron chi connectivity index (χ3n) is 2.60. The largest absolute Gasteiger partial charge is 0.389 e. The number of hydrogen-bond donors (Lipinski definition) is 1. The summed E-state index contributed by atoms with van der Waals surface area (Å²) in [4.78, 5) is 1.47. The Bertz CT molecular complexity index is 753. The highest BCUT2D eigenvalue weighted by Crippen LogP contribution is 2.14. The summed E-state index contributed by atoms with van der Waals surface area (Å²) in [6.45, 7) is 0. The highest BCUT2D eigenvalue weighted by Gasteiger charge is 2.13. The second-order valence-electron chi connectivity index (χ2n) is 3.90. The van der Waals surface area contributed by atoms with Gasteiger partial charge < -0.3 is 5.73 Å². The molecule has 3 rings (SSSR count). The second kappa shape index (κ2) is 5.10. The molecule has 0 atom stereocenters. The van der Waals surface area contributed by atoms with Crippen LogP contribution in [0.15, 0.2) is 42.6 Å². The van der Waals surface area contributed by atoms with Gasteiger partial charge in [-0.25, -0.2) is 0 Å². The van der Waals surface area contributed by atoms with Crippen LogP contribution in [-0.2, 0) is 0 Å². The van der Waals surface area contributed by atoms with E-state index in [0.29, 0.717) is 17.2 Å². The predicted molar refractivity (Wildman–Crippen MR) is 76.1 cm³/mol. The highest BCUT2D eigenvalue weighted by atomic mass is 32.1. The maximum absolute atomic E-state index is 5.64. The van der Waals surface area contributed by atoms with Crippen LogP contribution in [0.2, 0.25) is 0 Å². The van der Waals surface area contributed by atoms with Gasteiger partial charge in [0.1, 0.15) is 4.99 Å². The fourth-order valence-electron chi connectivity index (χ4n) is 1.67. The van der Waals surface area contributed by atoms with Crippen molar-refractivity contribution in [3.05, 3.63) is 48.2 Å². The van der Waals surface area contributed by atoms with E-state index in [1.54, 1.807) is 6.07 Å². The zero-order valence-electron chi connectivity index (χ0n) is 10.2. The van der Waals surface area contributed by atoms with Crippen LogP contribution >= 0.6 is 12.2 Å². The average Bonchev–Trinajstić information content (AvgIpc) is 2.98. The van der Waals surface area contributed by atoms with Crippen LogP contribution in [0.25, 0.3) is 17.2 Å². The van der Waals surface area contributed by atoms with Crippen LogP contribution in [-0.4, -0.2) is 35.4 Å². The zero-order valence-corrected chi connectivity index (χ0v) is 11.0. The minimum atomic E-state index is 0.202. The lowest BCUT2D eigenvalue weighted by Crippen LogP contribution is -2.16. The molecular formula is C12H9N7S. The molecular weight excluding hydrogens is 274 g/mol. The molecule has 0 amide bonds. The predicted octanol–water partition coefficient (Wildman–Crippen LogP) is 0.754. The Morgan fingerprint density at radius 1 is 1.10 bits per heavy atom. The SMILES string of the molecule is NC(=S)c1ccnnc1-n1nnc(-c2ccccc2)n1. The molecule has 0 aliphatic carbocycles. The first-order chi connectivity index (χ1) is 9.75. The number of nitrogens with zero attached hydrogens (tertiary/aromatic N) is 6. The van der Waals surface area contributed by atoms with E-state index in [-0.39, 0.29) is 4.99 Å². The van der Waals surface area contributed by atoms with Gasteiger partial charge in [0.2, 0.25) is 11.6 Å². The summed E-state index contributed by atoms with van der Waals surface area (Å²) in [5, 5.41) is 20.0. The third-order valence-corrected chi connectivity index (χ3v) is 2.82. The molecule has 7 nitrogen and oxygen atoms in total. The van der Waals surface area contributed by atoms with Crippen LogP contribution in [0.3, 0.4) is 0 Å². The van der Waals surface area contributed by atoms with E-state index in [1.807, 2.05) is 30.3 Å². The third kappa shape index (κ3) is 2.24. The van der Waals surface area contributed by atoms with E-state index in [9.17, 15) is 0 Å². The molecule has 2 N–H and O–H groups in total. The van der Waals surface area contributed by atoms with Crippen molar-refractivity contribution in [2.24, 2.45) is 5.73 Å². The highest BCUT2D eigenvalue weighted by molar-refractivity contribution is 7.80. The Labute approximate surface area is 119 Å². The number of nitrogens with two attached hydrogens (primary N) is 1. The van der Waals surface area contributed by atoms with Gasteiger partial charge in [-0.2, -0.15) is 5.10 Å². The zero-order chi connectivity index (χ0) is 13.9. The van der Waals surface area contributed by atoms with E-state index < -0.39 is 0 Å². The van der Waals surface area contributed by atoms with Gasteiger partial charge in [-0.15, -0.1) is 20.1 Å². The smallest absolute Gasteiger partial charge is 0.208 e. The van der Waals surface area contributed by atoms with Crippen LogP contribution < -0.4 is 5.73 Å². The number of rotatable bonds is 3. The van der Waals surface area contributed by atoms with E-state index in [1.165, 1.54) is 11.0 Å². The molecule has 0 bridgehead atoms. The summed E-state index contributed by atoms with van der Waals surface area (Å²) < 4.78 is 0. The van der Waals surface area contributed by atoms with Crippen molar-refractivity contribution in [2.45, 2.75) is 0 Å². The minimum absolute atomic E-state index is 0.202. The Morgan fingerprint density at radius 2 is 1.90 bits per heavy atom. The Balaban J connectivity index is 2.05. The Hall–Kier alpha value is -2.74. The van der Waals surface area contributed by atoms with E-state index in [0.717, 1.165) is 5.56 Å². The van der Waals surface area contributed by atoms with Gasteiger partial charge in [-0.3, -0.25) is 0 Å². The number of hydrogen-bond acceptors (Lipinski definition) is 6. The van der Waals surface area contributed by atoms with Gasteiger partial charge in [-0.1, -0.05) is 42.5 Å². The number of aromatic nitrogens is 6. The van der Waals surface area contributed by atoms with Crippen molar-refractivity contribution >= 4 is 17.2 Å². The van der Waals surface area contributed by atoms with Crippen LogP contribution in [0, 0.1) is 0 Å². The number of tetrazole rings is 1. The fourth-order valence-corrected chi connectivity index (χ4v) is 1.83. The molecule has 0 saturated heterocycles. The maximum atomic E-state index is 5.64. The summed E-state index contributed by atoms with van der Waals surface area (Å²) in [5.41, 5.74) is 7.05. The normalized spacial score (nSPS) is 10.4. The first-order valence-corrected chi connectivity index (χ1v) is 6.14. The Morgan fingerprint density at radius 3 is 2.65 bits per heavy atom. The molecule has 2 aromatic heterocycles. The monoisotopic (exact) mass is 283 g/mol. The van der Waals surface area contributed by atoms with Crippen molar-refractivity contribution < 1.29 is 0 Å². The van der Waals surface area contributed by atoms with Gasteiger partial charge in [0.15, 0.2) is 0 Å². The molecule has 0 saturated carbocycles. The molecule has 0 unspecified atom stereocenters. The quantitative estimate of drug-likeness (QED) is 0.709.